The second-order valence-electron chi connectivity index (χ2n) is 7.08. The number of nitrogens with one attached hydrogen (secondary N) is 1. The zero-order valence-electron chi connectivity index (χ0n) is 17.0. The molecular formula is C20H27N7OS. The number of methoxy groups -OCH3 is 1. The normalized spacial score (nSPS) is 14.8. The van der Waals surface area contributed by atoms with Crippen LogP contribution in [-0.2, 0) is 0 Å². The number of hydrazone groups is 1. The van der Waals surface area contributed by atoms with Crippen molar-refractivity contribution < 1.29 is 4.74 Å². The molecule has 1 aromatic carbocycles. The van der Waals surface area contributed by atoms with Crippen LogP contribution in [0.5, 0.6) is 5.75 Å². The van der Waals surface area contributed by atoms with E-state index in [-0.39, 0.29) is 5.11 Å². The molecule has 1 aromatic heterocycles. The van der Waals surface area contributed by atoms with E-state index in [0.717, 1.165) is 49.0 Å². The summed E-state index contributed by atoms with van der Waals surface area (Å²) in [6.45, 7) is 1.79. The van der Waals surface area contributed by atoms with E-state index in [2.05, 4.69) is 32.5 Å². The zero-order valence-corrected chi connectivity index (χ0v) is 17.8. The van der Waals surface area contributed by atoms with Crippen LogP contribution < -0.4 is 25.7 Å². The minimum atomic E-state index is 0.114. The van der Waals surface area contributed by atoms with Crippen LogP contribution in [-0.4, -0.2) is 55.6 Å². The first-order chi connectivity index (χ1) is 14.0. The number of benzene rings is 1. The molecule has 0 spiro atoms. The van der Waals surface area contributed by atoms with Crippen LogP contribution in [0.3, 0.4) is 0 Å². The Morgan fingerprint density at radius 2 is 2.07 bits per heavy atom. The Morgan fingerprint density at radius 1 is 1.34 bits per heavy atom. The van der Waals surface area contributed by atoms with Gasteiger partial charge in [-0.15, -0.1) is 0 Å². The fraction of sp³-hybridized carbons (Fsp3) is 0.400. The highest BCUT2D eigenvalue weighted by atomic mass is 32.1. The van der Waals surface area contributed by atoms with Gasteiger partial charge in [-0.25, -0.2) is 4.98 Å². The molecule has 0 unspecified atom stereocenters. The number of para-hydroxylation sites is 1. The van der Waals surface area contributed by atoms with Crippen LogP contribution in [0.2, 0.25) is 0 Å². The fourth-order valence-corrected chi connectivity index (χ4v) is 3.59. The number of hydrogen-bond donors (Lipinski definition) is 2. The lowest BCUT2D eigenvalue weighted by Crippen LogP contribution is -2.34. The van der Waals surface area contributed by atoms with Crippen molar-refractivity contribution in [1.82, 2.24) is 15.4 Å². The van der Waals surface area contributed by atoms with Crippen molar-refractivity contribution in [2.24, 2.45) is 10.8 Å². The molecule has 1 fully saturated rings. The Hall–Kier alpha value is -2.94. The molecule has 2 aromatic rings. The van der Waals surface area contributed by atoms with E-state index in [9.17, 15) is 0 Å². The van der Waals surface area contributed by atoms with E-state index in [1.54, 1.807) is 19.5 Å². The molecule has 0 atom stereocenters. The predicted octanol–water partition coefficient (Wildman–Crippen LogP) is 2.10. The molecular weight excluding hydrogens is 386 g/mol. The number of thiocarbonyl (C=S) groups is 1. The van der Waals surface area contributed by atoms with Gasteiger partial charge in [0.25, 0.3) is 0 Å². The first kappa shape index (κ1) is 20.8. The van der Waals surface area contributed by atoms with Gasteiger partial charge in [0.05, 0.1) is 18.9 Å². The van der Waals surface area contributed by atoms with Crippen molar-refractivity contribution >= 4 is 35.3 Å². The predicted molar refractivity (Wildman–Crippen MR) is 121 cm³/mol. The summed E-state index contributed by atoms with van der Waals surface area (Å²) in [6, 6.07) is 8.27. The molecule has 0 amide bonds. The van der Waals surface area contributed by atoms with Crippen molar-refractivity contribution in [2.75, 3.05) is 44.1 Å². The van der Waals surface area contributed by atoms with Gasteiger partial charge >= 0.3 is 0 Å². The molecule has 1 saturated heterocycles. The maximum Gasteiger partial charge on any atom is 0.227 e. The summed E-state index contributed by atoms with van der Waals surface area (Å²) in [5, 5.41) is 4.13. The molecule has 2 heterocycles. The van der Waals surface area contributed by atoms with E-state index in [4.69, 9.17) is 27.7 Å². The van der Waals surface area contributed by atoms with Crippen molar-refractivity contribution in [3.8, 4) is 5.75 Å². The van der Waals surface area contributed by atoms with Gasteiger partial charge in [-0.1, -0.05) is 18.2 Å². The lowest BCUT2D eigenvalue weighted by Gasteiger charge is -2.33. The van der Waals surface area contributed by atoms with E-state index in [1.807, 2.05) is 31.1 Å². The van der Waals surface area contributed by atoms with Crippen LogP contribution in [0.4, 0.5) is 11.8 Å². The molecule has 154 valence electrons. The maximum absolute atomic E-state index is 5.54. The number of hydrogen-bond acceptors (Lipinski definition) is 7. The number of nitrogens with zero attached hydrogens (tertiary/aromatic N) is 5. The maximum atomic E-state index is 5.54. The highest BCUT2D eigenvalue weighted by molar-refractivity contribution is 7.80. The van der Waals surface area contributed by atoms with Gasteiger partial charge < -0.3 is 20.3 Å². The third-order valence-corrected chi connectivity index (χ3v) is 5.03. The monoisotopic (exact) mass is 413 g/mol. The SMILES string of the molecule is COc1ccccc1C1CCN(c2ncc(C=NNC(N)=S)c(N(C)C)n2)CC1. The van der Waals surface area contributed by atoms with Gasteiger partial charge in [0.15, 0.2) is 5.11 Å². The van der Waals surface area contributed by atoms with Crippen molar-refractivity contribution in [1.29, 1.82) is 0 Å². The van der Waals surface area contributed by atoms with Gasteiger partial charge in [0.2, 0.25) is 5.95 Å². The summed E-state index contributed by atoms with van der Waals surface area (Å²) in [6.07, 6.45) is 5.45. The second-order valence-corrected chi connectivity index (χ2v) is 7.52. The Morgan fingerprint density at radius 3 is 2.72 bits per heavy atom. The van der Waals surface area contributed by atoms with Crippen LogP contribution in [0.1, 0.15) is 29.9 Å². The summed E-state index contributed by atoms with van der Waals surface area (Å²) >= 11 is 4.76. The van der Waals surface area contributed by atoms with Gasteiger partial charge in [-0.2, -0.15) is 10.1 Å². The highest BCUT2D eigenvalue weighted by Gasteiger charge is 2.24. The molecule has 1 aliphatic heterocycles. The quantitative estimate of drug-likeness (QED) is 0.423. The first-order valence-corrected chi connectivity index (χ1v) is 9.91. The summed E-state index contributed by atoms with van der Waals surface area (Å²) < 4.78 is 5.54. The third kappa shape index (κ3) is 5.11. The van der Waals surface area contributed by atoms with Crippen LogP contribution in [0.25, 0.3) is 0 Å². The number of aromatic nitrogens is 2. The molecule has 9 heteroatoms. The van der Waals surface area contributed by atoms with Crippen molar-refractivity contribution in [2.45, 2.75) is 18.8 Å². The standard InChI is InChI=1S/C20H27N7OS/c1-26(2)18-15(13-23-25-19(21)29)12-22-20(24-18)27-10-8-14(9-11-27)16-6-4-5-7-17(16)28-3/h4-7,12-14H,8-11H2,1-3H3,(H3,21,25,29). The molecule has 1 aliphatic rings. The van der Waals surface area contributed by atoms with E-state index in [1.165, 1.54) is 5.56 Å². The van der Waals surface area contributed by atoms with E-state index >= 15 is 0 Å². The minimum Gasteiger partial charge on any atom is -0.496 e. The Kier molecular flexibility index (Phi) is 6.82. The number of piperidine rings is 1. The minimum absolute atomic E-state index is 0.114. The molecule has 3 rings (SSSR count). The number of nitrogens with two attached hydrogens (primary N) is 1. The van der Waals surface area contributed by atoms with Gasteiger partial charge in [-0.3, -0.25) is 5.43 Å². The van der Waals surface area contributed by atoms with E-state index < -0.39 is 0 Å². The molecule has 0 saturated carbocycles. The van der Waals surface area contributed by atoms with Crippen LogP contribution in [0.15, 0.2) is 35.6 Å². The molecule has 8 nitrogen and oxygen atoms in total. The largest absolute Gasteiger partial charge is 0.496 e. The third-order valence-electron chi connectivity index (χ3n) is 4.94. The lowest BCUT2D eigenvalue weighted by molar-refractivity contribution is 0.397. The summed E-state index contributed by atoms with van der Waals surface area (Å²) in [4.78, 5) is 13.5. The Labute approximate surface area is 176 Å². The van der Waals surface area contributed by atoms with Gasteiger partial charge in [-0.05, 0) is 42.6 Å². The van der Waals surface area contributed by atoms with Crippen LogP contribution in [0, 0.1) is 0 Å². The highest BCUT2D eigenvalue weighted by Crippen LogP contribution is 2.34. The summed E-state index contributed by atoms with van der Waals surface area (Å²) in [7, 11) is 5.61. The van der Waals surface area contributed by atoms with Crippen molar-refractivity contribution in [3.63, 3.8) is 0 Å². The van der Waals surface area contributed by atoms with Gasteiger partial charge in [0.1, 0.15) is 11.6 Å². The molecule has 0 aliphatic carbocycles. The lowest BCUT2D eigenvalue weighted by atomic mass is 9.89. The average Bonchev–Trinajstić information content (AvgIpc) is 2.73. The second kappa shape index (κ2) is 9.51. The zero-order chi connectivity index (χ0) is 20.8. The van der Waals surface area contributed by atoms with Crippen LogP contribution >= 0.6 is 12.2 Å². The van der Waals surface area contributed by atoms with E-state index in [0.29, 0.717) is 5.92 Å². The molecule has 0 radical (unpaired) electrons. The van der Waals surface area contributed by atoms with Crippen molar-refractivity contribution in [3.05, 3.63) is 41.6 Å². The number of anilines is 2. The van der Waals surface area contributed by atoms with Gasteiger partial charge in [0, 0.05) is 33.4 Å². The number of ether oxygens (including phenoxy) is 1. The topological polar surface area (TPSA) is 91.9 Å². The Bertz CT molecular complexity index is 879. The number of rotatable bonds is 6. The molecule has 3 N–H and O–H groups in total. The molecule has 0 bridgehead atoms. The summed E-state index contributed by atoms with van der Waals surface area (Å²) in [5.74, 6) is 2.96. The molecule has 29 heavy (non-hydrogen) atoms. The average molecular weight is 414 g/mol. The summed E-state index contributed by atoms with van der Waals surface area (Å²) in [5.41, 5.74) is 10.0. The first-order valence-electron chi connectivity index (χ1n) is 9.50. The fourth-order valence-electron chi connectivity index (χ4n) is 3.53. The Balaban J connectivity index is 1.72. The smallest absolute Gasteiger partial charge is 0.227 e.